The van der Waals surface area contributed by atoms with E-state index in [4.69, 9.17) is 0 Å². The Kier molecular flexibility index (Phi) is 4.99. The second-order valence-electron chi connectivity index (χ2n) is 6.57. The lowest BCUT2D eigenvalue weighted by atomic mass is 9.90. The van der Waals surface area contributed by atoms with Crippen LogP contribution >= 0.6 is 0 Å². The summed E-state index contributed by atoms with van der Waals surface area (Å²) in [5.74, 6) is 0.303. The summed E-state index contributed by atoms with van der Waals surface area (Å²) < 4.78 is 0. The van der Waals surface area contributed by atoms with Crippen molar-refractivity contribution in [3.05, 3.63) is 34.9 Å². The molecule has 1 aromatic rings. The SMILES string of the molecule is CCC(=O)N1CCCN(C(=O)c2ccc3c(c2)CCCC3)CC1. The Balaban J connectivity index is 1.69. The predicted octanol–water partition coefficient (Wildman–Crippen LogP) is 2.65. The zero-order valence-corrected chi connectivity index (χ0v) is 14.0. The van der Waals surface area contributed by atoms with Crippen molar-refractivity contribution >= 4 is 11.8 Å². The quantitative estimate of drug-likeness (QED) is 0.842. The van der Waals surface area contributed by atoms with Crippen LogP contribution in [0.3, 0.4) is 0 Å². The molecule has 0 spiro atoms. The number of rotatable bonds is 2. The minimum Gasteiger partial charge on any atom is -0.341 e. The van der Waals surface area contributed by atoms with E-state index >= 15 is 0 Å². The number of fused-ring (bicyclic) bond motifs is 1. The number of carbonyl (C=O) groups excluding carboxylic acids is 2. The number of carbonyl (C=O) groups is 2. The Bertz CT molecular complexity index is 597. The van der Waals surface area contributed by atoms with Crippen LogP contribution in [0, 0.1) is 0 Å². The summed E-state index contributed by atoms with van der Waals surface area (Å²) in [4.78, 5) is 28.5. The molecular weight excluding hydrogens is 288 g/mol. The maximum Gasteiger partial charge on any atom is 0.253 e. The van der Waals surface area contributed by atoms with Crippen LogP contribution in [0.15, 0.2) is 18.2 Å². The monoisotopic (exact) mass is 314 g/mol. The molecule has 0 unspecified atom stereocenters. The van der Waals surface area contributed by atoms with Gasteiger partial charge in [0.05, 0.1) is 0 Å². The first-order chi connectivity index (χ1) is 11.2. The van der Waals surface area contributed by atoms with Gasteiger partial charge in [0, 0.05) is 38.2 Å². The van der Waals surface area contributed by atoms with Crippen molar-refractivity contribution in [2.24, 2.45) is 0 Å². The first-order valence-corrected chi connectivity index (χ1v) is 8.88. The molecule has 0 atom stereocenters. The van der Waals surface area contributed by atoms with Gasteiger partial charge in [-0.25, -0.2) is 0 Å². The molecule has 2 aliphatic rings. The molecule has 4 heteroatoms. The number of benzene rings is 1. The van der Waals surface area contributed by atoms with Crippen molar-refractivity contribution in [1.82, 2.24) is 9.80 Å². The highest BCUT2D eigenvalue weighted by molar-refractivity contribution is 5.94. The molecule has 0 radical (unpaired) electrons. The van der Waals surface area contributed by atoms with Gasteiger partial charge in [-0.15, -0.1) is 0 Å². The summed E-state index contributed by atoms with van der Waals surface area (Å²) in [6, 6.07) is 6.20. The lowest BCUT2D eigenvalue weighted by Gasteiger charge is -2.23. The van der Waals surface area contributed by atoms with E-state index in [1.165, 1.54) is 24.0 Å². The van der Waals surface area contributed by atoms with Crippen LogP contribution < -0.4 is 0 Å². The van der Waals surface area contributed by atoms with Gasteiger partial charge in [0.25, 0.3) is 5.91 Å². The third-order valence-corrected chi connectivity index (χ3v) is 5.03. The lowest BCUT2D eigenvalue weighted by Crippen LogP contribution is -2.37. The van der Waals surface area contributed by atoms with Gasteiger partial charge < -0.3 is 9.80 Å². The molecule has 1 heterocycles. The fraction of sp³-hybridized carbons (Fsp3) is 0.579. The number of nitrogens with zero attached hydrogens (tertiary/aromatic N) is 2. The molecule has 0 N–H and O–H groups in total. The van der Waals surface area contributed by atoms with Gasteiger partial charge in [0.15, 0.2) is 0 Å². The van der Waals surface area contributed by atoms with Crippen LogP contribution in [-0.2, 0) is 17.6 Å². The van der Waals surface area contributed by atoms with E-state index in [-0.39, 0.29) is 11.8 Å². The highest BCUT2D eigenvalue weighted by Gasteiger charge is 2.23. The van der Waals surface area contributed by atoms with E-state index in [1.807, 2.05) is 22.8 Å². The minimum atomic E-state index is 0.115. The standard InChI is InChI=1S/C19H26N2O2/c1-2-18(22)20-10-5-11-21(13-12-20)19(23)17-9-8-15-6-3-4-7-16(15)14-17/h8-9,14H,2-7,10-13H2,1H3. The summed E-state index contributed by atoms with van der Waals surface area (Å²) in [5.41, 5.74) is 3.56. The van der Waals surface area contributed by atoms with Gasteiger partial charge in [0.2, 0.25) is 5.91 Å². The van der Waals surface area contributed by atoms with Crippen LogP contribution in [0.2, 0.25) is 0 Å². The van der Waals surface area contributed by atoms with Crippen molar-refractivity contribution in [1.29, 1.82) is 0 Å². The van der Waals surface area contributed by atoms with Crippen LogP contribution in [0.25, 0.3) is 0 Å². The zero-order chi connectivity index (χ0) is 16.2. The largest absolute Gasteiger partial charge is 0.341 e. The van der Waals surface area contributed by atoms with Crippen molar-refractivity contribution in [3.63, 3.8) is 0 Å². The fourth-order valence-electron chi connectivity index (χ4n) is 3.64. The lowest BCUT2D eigenvalue weighted by molar-refractivity contribution is -0.130. The normalized spacial score (nSPS) is 18.3. The molecule has 0 bridgehead atoms. The van der Waals surface area contributed by atoms with Gasteiger partial charge in [-0.05, 0) is 55.4 Å². The molecule has 23 heavy (non-hydrogen) atoms. The van der Waals surface area contributed by atoms with Crippen molar-refractivity contribution < 1.29 is 9.59 Å². The van der Waals surface area contributed by atoms with Gasteiger partial charge in [-0.1, -0.05) is 13.0 Å². The Morgan fingerprint density at radius 3 is 2.39 bits per heavy atom. The average molecular weight is 314 g/mol. The van der Waals surface area contributed by atoms with Gasteiger partial charge in [0.1, 0.15) is 0 Å². The van der Waals surface area contributed by atoms with Crippen LogP contribution in [0.1, 0.15) is 54.1 Å². The molecule has 1 aliphatic carbocycles. The first-order valence-electron chi connectivity index (χ1n) is 8.88. The molecular formula is C19H26N2O2. The molecule has 0 aromatic heterocycles. The van der Waals surface area contributed by atoms with Crippen molar-refractivity contribution in [2.75, 3.05) is 26.2 Å². The summed E-state index contributed by atoms with van der Waals surface area (Å²) >= 11 is 0. The van der Waals surface area contributed by atoms with Crippen LogP contribution in [-0.4, -0.2) is 47.8 Å². The Morgan fingerprint density at radius 2 is 1.61 bits per heavy atom. The number of aryl methyl sites for hydroxylation is 2. The Morgan fingerprint density at radius 1 is 0.913 bits per heavy atom. The second-order valence-corrected chi connectivity index (χ2v) is 6.57. The van der Waals surface area contributed by atoms with E-state index in [0.717, 1.165) is 37.9 Å². The molecule has 124 valence electrons. The summed E-state index contributed by atoms with van der Waals surface area (Å²) in [6.07, 6.45) is 6.12. The van der Waals surface area contributed by atoms with Crippen molar-refractivity contribution in [3.8, 4) is 0 Å². The molecule has 4 nitrogen and oxygen atoms in total. The minimum absolute atomic E-state index is 0.115. The van der Waals surface area contributed by atoms with Crippen LogP contribution in [0.4, 0.5) is 0 Å². The molecule has 3 rings (SSSR count). The third-order valence-electron chi connectivity index (χ3n) is 5.03. The fourth-order valence-corrected chi connectivity index (χ4v) is 3.64. The van der Waals surface area contributed by atoms with E-state index in [0.29, 0.717) is 19.5 Å². The third kappa shape index (κ3) is 3.57. The first kappa shape index (κ1) is 16.0. The topological polar surface area (TPSA) is 40.6 Å². The summed E-state index contributed by atoms with van der Waals surface area (Å²) in [6.45, 7) is 4.69. The number of hydrogen-bond acceptors (Lipinski definition) is 2. The number of hydrogen-bond donors (Lipinski definition) is 0. The van der Waals surface area contributed by atoms with Crippen molar-refractivity contribution in [2.45, 2.75) is 45.4 Å². The summed E-state index contributed by atoms with van der Waals surface area (Å²) in [5, 5.41) is 0. The zero-order valence-electron chi connectivity index (χ0n) is 14.0. The van der Waals surface area contributed by atoms with E-state index in [1.54, 1.807) is 0 Å². The van der Waals surface area contributed by atoms with E-state index in [9.17, 15) is 9.59 Å². The maximum absolute atomic E-state index is 12.8. The highest BCUT2D eigenvalue weighted by Crippen LogP contribution is 2.23. The molecule has 1 aliphatic heterocycles. The average Bonchev–Trinajstić information content (AvgIpc) is 2.86. The second kappa shape index (κ2) is 7.16. The van der Waals surface area contributed by atoms with E-state index < -0.39 is 0 Å². The molecule has 1 saturated heterocycles. The number of amides is 2. The predicted molar refractivity (Wildman–Crippen MR) is 90.5 cm³/mol. The molecule has 1 aromatic carbocycles. The van der Waals surface area contributed by atoms with E-state index in [2.05, 4.69) is 12.1 Å². The van der Waals surface area contributed by atoms with Gasteiger partial charge in [-0.3, -0.25) is 9.59 Å². The van der Waals surface area contributed by atoms with Gasteiger partial charge >= 0.3 is 0 Å². The maximum atomic E-state index is 12.8. The molecule has 2 amide bonds. The van der Waals surface area contributed by atoms with Gasteiger partial charge in [-0.2, -0.15) is 0 Å². The smallest absolute Gasteiger partial charge is 0.253 e. The van der Waals surface area contributed by atoms with Crippen LogP contribution in [0.5, 0.6) is 0 Å². The Hall–Kier alpha value is -1.84. The summed E-state index contributed by atoms with van der Waals surface area (Å²) in [7, 11) is 0. The Labute approximate surface area is 138 Å². The molecule has 0 saturated carbocycles. The highest BCUT2D eigenvalue weighted by atomic mass is 16.2. The molecule has 1 fully saturated rings.